The summed E-state index contributed by atoms with van der Waals surface area (Å²) in [7, 11) is 0. The van der Waals surface area contributed by atoms with Crippen LogP contribution < -0.4 is 5.32 Å². The highest BCUT2D eigenvalue weighted by Crippen LogP contribution is 2.29. The number of carbonyl (C=O) groups excluding carboxylic acids is 2. The average molecular weight is 416 g/mol. The Morgan fingerprint density at radius 3 is 2.71 bits per heavy atom. The number of aromatic nitrogens is 1. The van der Waals surface area contributed by atoms with Gasteiger partial charge >= 0.3 is 5.97 Å². The van der Waals surface area contributed by atoms with E-state index in [2.05, 4.69) is 32.9 Å². The second-order valence-electron chi connectivity index (χ2n) is 4.08. The number of anilines is 2. The summed E-state index contributed by atoms with van der Waals surface area (Å²) in [6.07, 6.45) is 0. The van der Waals surface area contributed by atoms with Crippen LogP contribution in [0.2, 0.25) is 0 Å². The van der Waals surface area contributed by atoms with Crippen molar-refractivity contribution < 1.29 is 14.3 Å². The Labute approximate surface area is 139 Å². The Kier molecular flexibility index (Phi) is 5.29. The van der Waals surface area contributed by atoms with E-state index in [-0.39, 0.29) is 18.1 Å². The zero-order chi connectivity index (χ0) is 15.4. The van der Waals surface area contributed by atoms with Gasteiger partial charge in [-0.05, 0) is 41.6 Å². The lowest BCUT2D eigenvalue weighted by Crippen LogP contribution is -2.09. The van der Waals surface area contributed by atoms with Crippen LogP contribution in [-0.4, -0.2) is 23.3 Å². The predicted molar refractivity (Wildman–Crippen MR) is 90.5 cm³/mol. The van der Waals surface area contributed by atoms with Crippen molar-refractivity contribution in [1.29, 1.82) is 0 Å². The van der Waals surface area contributed by atoms with Gasteiger partial charge in [0.25, 0.3) is 0 Å². The molecule has 110 valence electrons. The number of nitrogens with zero attached hydrogens (tertiary/aromatic N) is 1. The van der Waals surface area contributed by atoms with Crippen molar-refractivity contribution in [2.24, 2.45) is 0 Å². The Hall–Kier alpha value is -1.48. The van der Waals surface area contributed by atoms with Gasteiger partial charge in [-0.15, -0.1) is 0 Å². The molecule has 0 atom stereocenters. The van der Waals surface area contributed by atoms with Gasteiger partial charge in [-0.2, -0.15) is 0 Å². The average Bonchev–Trinajstić information content (AvgIpc) is 2.86. The predicted octanol–water partition coefficient (Wildman–Crippen LogP) is 3.87. The molecule has 0 spiro atoms. The van der Waals surface area contributed by atoms with Crippen LogP contribution in [0.15, 0.2) is 24.3 Å². The summed E-state index contributed by atoms with van der Waals surface area (Å²) >= 11 is 3.35. The minimum Gasteiger partial charge on any atom is -0.461 e. The van der Waals surface area contributed by atoms with Crippen molar-refractivity contribution in [1.82, 2.24) is 4.98 Å². The summed E-state index contributed by atoms with van der Waals surface area (Å²) in [5.41, 5.74) is 0.945. The molecule has 5 nitrogen and oxygen atoms in total. The lowest BCUT2D eigenvalue weighted by Gasteiger charge is -2.04. The maximum atomic E-state index is 11.8. The van der Waals surface area contributed by atoms with Crippen molar-refractivity contribution in [2.75, 3.05) is 11.9 Å². The van der Waals surface area contributed by atoms with Crippen LogP contribution in [0.1, 0.15) is 34.0 Å². The Bertz CT molecular complexity index is 685. The molecule has 0 radical (unpaired) electrons. The van der Waals surface area contributed by atoms with Crippen LogP contribution in [0.3, 0.4) is 0 Å². The molecular weight excluding hydrogens is 403 g/mol. The number of esters is 1. The van der Waals surface area contributed by atoms with Gasteiger partial charge in [0.15, 0.2) is 16.6 Å². The maximum absolute atomic E-state index is 11.8. The molecule has 21 heavy (non-hydrogen) atoms. The molecule has 0 unspecified atom stereocenters. The molecule has 0 saturated heterocycles. The van der Waals surface area contributed by atoms with Crippen LogP contribution in [0, 0.1) is 3.57 Å². The molecular formula is C14H13IN2O3S. The van der Waals surface area contributed by atoms with Crippen molar-refractivity contribution in [2.45, 2.75) is 13.8 Å². The lowest BCUT2D eigenvalue weighted by atomic mass is 10.3. The molecule has 0 fully saturated rings. The topological polar surface area (TPSA) is 68.3 Å². The molecule has 0 bridgehead atoms. The largest absolute Gasteiger partial charge is 0.461 e. The fraction of sp³-hybridized carbons (Fsp3) is 0.214. The standard InChI is InChI=1S/C14H13IN2O3S/c1-3-20-13(19)11-12(8(2)18)21-14(17-11)16-10-7-5-4-6-9(10)15/h4-7H,3H2,1-2H3,(H,16,17). The van der Waals surface area contributed by atoms with E-state index in [4.69, 9.17) is 4.74 Å². The normalized spacial score (nSPS) is 10.2. The Morgan fingerprint density at radius 2 is 2.10 bits per heavy atom. The monoisotopic (exact) mass is 416 g/mol. The number of ether oxygens (including phenoxy) is 1. The number of halogens is 1. The molecule has 7 heteroatoms. The number of thiazole rings is 1. The van der Waals surface area contributed by atoms with Crippen LogP contribution >= 0.6 is 33.9 Å². The second-order valence-corrected chi connectivity index (χ2v) is 6.24. The first-order valence-electron chi connectivity index (χ1n) is 6.23. The molecule has 0 aliphatic rings. The van der Waals surface area contributed by atoms with Gasteiger partial charge in [0.2, 0.25) is 0 Å². The third kappa shape index (κ3) is 3.79. The summed E-state index contributed by atoms with van der Waals surface area (Å²) in [5.74, 6) is -0.777. The minimum absolute atomic E-state index is 0.0720. The van der Waals surface area contributed by atoms with E-state index in [0.29, 0.717) is 10.0 Å². The molecule has 0 aliphatic carbocycles. The summed E-state index contributed by atoms with van der Waals surface area (Å²) in [6.45, 7) is 3.36. The van der Waals surface area contributed by atoms with Crippen molar-refractivity contribution in [3.8, 4) is 0 Å². The number of ketones is 1. The molecule has 0 amide bonds. The fourth-order valence-corrected chi connectivity index (χ4v) is 3.01. The maximum Gasteiger partial charge on any atom is 0.358 e. The number of para-hydroxylation sites is 1. The van der Waals surface area contributed by atoms with Crippen molar-refractivity contribution in [3.63, 3.8) is 0 Å². The van der Waals surface area contributed by atoms with E-state index in [1.165, 1.54) is 6.92 Å². The molecule has 1 heterocycles. The highest BCUT2D eigenvalue weighted by Gasteiger charge is 2.22. The van der Waals surface area contributed by atoms with Gasteiger partial charge in [-0.3, -0.25) is 4.79 Å². The number of rotatable bonds is 5. The number of Topliss-reactive ketones (excluding diaryl/α,β-unsaturated/α-hetero) is 1. The smallest absolute Gasteiger partial charge is 0.358 e. The lowest BCUT2D eigenvalue weighted by molar-refractivity contribution is 0.0517. The van der Waals surface area contributed by atoms with Crippen molar-refractivity contribution >= 4 is 56.5 Å². The van der Waals surface area contributed by atoms with Crippen LogP contribution in [0.25, 0.3) is 0 Å². The summed E-state index contributed by atoms with van der Waals surface area (Å²) in [6, 6.07) is 7.69. The summed E-state index contributed by atoms with van der Waals surface area (Å²) in [4.78, 5) is 28.0. The van der Waals surface area contributed by atoms with Gasteiger partial charge < -0.3 is 10.1 Å². The van der Waals surface area contributed by atoms with Gasteiger partial charge in [-0.1, -0.05) is 23.5 Å². The first-order chi connectivity index (χ1) is 10.0. The van der Waals surface area contributed by atoms with E-state index < -0.39 is 5.97 Å². The molecule has 2 rings (SSSR count). The highest BCUT2D eigenvalue weighted by atomic mass is 127. The van der Waals surface area contributed by atoms with Gasteiger partial charge in [0.05, 0.1) is 12.3 Å². The van der Waals surface area contributed by atoms with E-state index >= 15 is 0 Å². The van der Waals surface area contributed by atoms with Gasteiger partial charge in [0.1, 0.15) is 4.88 Å². The fourth-order valence-electron chi connectivity index (χ4n) is 1.63. The number of nitrogens with one attached hydrogen (secondary N) is 1. The first kappa shape index (κ1) is 15.9. The van der Waals surface area contributed by atoms with E-state index in [9.17, 15) is 9.59 Å². The zero-order valence-corrected chi connectivity index (χ0v) is 14.4. The third-order valence-corrected chi connectivity index (χ3v) is 4.54. The summed E-state index contributed by atoms with van der Waals surface area (Å²) < 4.78 is 5.95. The molecule has 0 saturated carbocycles. The zero-order valence-electron chi connectivity index (χ0n) is 11.5. The molecule has 1 aromatic carbocycles. The van der Waals surface area contributed by atoms with Gasteiger partial charge in [0, 0.05) is 10.5 Å². The number of carbonyl (C=O) groups is 2. The number of hydrogen-bond donors (Lipinski definition) is 1. The quantitative estimate of drug-likeness (QED) is 0.456. The Morgan fingerprint density at radius 1 is 1.38 bits per heavy atom. The number of hydrogen-bond acceptors (Lipinski definition) is 6. The van der Waals surface area contributed by atoms with Crippen LogP contribution in [0.5, 0.6) is 0 Å². The van der Waals surface area contributed by atoms with Gasteiger partial charge in [-0.25, -0.2) is 9.78 Å². The second kappa shape index (κ2) is 6.99. The SMILES string of the molecule is CCOC(=O)c1nc(Nc2ccccc2I)sc1C(C)=O. The molecule has 0 aliphatic heterocycles. The molecule has 1 N–H and O–H groups in total. The number of benzene rings is 1. The van der Waals surface area contributed by atoms with E-state index in [1.54, 1.807) is 6.92 Å². The third-order valence-electron chi connectivity index (χ3n) is 2.53. The molecule has 2 aromatic rings. The Balaban J connectivity index is 2.34. The van der Waals surface area contributed by atoms with E-state index in [1.807, 2.05) is 24.3 Å². The van der Waals surface area contributed by atoms with Crippen molar-refractivity contribution in [3.05, 3.63) is 38.4 Å². The first-order valence-corrected chi connectivity index (χ1v) is 8.13. The minimum atomic E-state index is -0.574. The van der Waals surface area contributed by atoms with Crippen LogP contribution in [0.4, 0.5) is 10.8 Å². The highest BCUT2D eigenvalue weighted by molar-refractivity contribution is 14.1. The van der Waals surface area contributed by atoms with Crippen LogP contribution in [-0.2, 0) is 4.74 Å². The summed E-state index contributed by atoms with van der Waals surface area (Å²) in [5, 5.41) is 3.62. The van der Waals surface area contributed by atoms with E-state index in [0.717, 1.165) is 20.6 Å². The molecule has 1 aromatic heterocycles.